The quantitative estimate of drug-likeness (QED) is 0.357. The molecule has 2 nitrogen and oxygen atoms in total. The normalized spacial score (nSPS) is 15.6. The van der Waals surface area contributed by atoms with Gasteiger partial charge in [0.15, 0.2) is 0 Å². The van der Waals surface area contributed by atoms with E-state index in [2.05, 4.69) is 0 Å². The van der Waals surface area contributed by atoms with Crippen LogP contribution in [0.25, 0.3) is 5.57 Å². The Bertz CT molecular complexity index is 364. The number of ether oxygens (including phenoxy) is 1. The van der Waals surface area contributed by atoms with E-state index in [1.807, 2.05) is 39.0 Å². The highest BCUT2D eigenvalue weighted by Gasteiger charge is 2.24. The molecule has 0 radical (unpaired) electrons. The second-order valence-corrected chi connectivity index (χ2v) is 2.59. The van der Waals surface area contributed by atoms with E-state index in [1.54, 1.807) is 12.1 Å². The van der Waals surface area contributed by atoms with Crippen molar-refractivity contribution in [3.05, 3.63) is 35.9 Å². The lowest BCUT2D eigenvalue weighted by atomic mass is 10.1. The van der Waals surface area contributed by atoms with Crippen molar-refractivity contribution in [2.75, 3.05) is 0 Å². The van der Waals surface area contributed by atoms with Gasteiger partial charge in [0.1, 0.15) is 5.75 Å². The van der Waals surface area contributed by atoms with Gasteiger partial charge in [-0.1, -0.05) is 38.1 Å². The van der Waals surface area contributed by atoms with Crippen molar-refractivity contribution < 1.29 is 9.53 Å². The molecule has 0 aliphatic carbocycles. The van der Waals surface area contributed by atoms with Crippen LogP contribution in [0.1, 0.15) is 26.3 Å². The molecule has 74 valence electrons. The highest BCUT2D eigenvalue weighted by atomic mass is 16.5. The molecule has 2 heteroatoms. The first kappa shape index (κ1) is 10.5. The van der Waals surface area contributed by atoms with E-state index in [1.165, 1.54) is 0 Å². The Kier molecular flexibility index (Phi) is 3.46. The predicted molar refractivity (Wildman–Crippen MR) is 57.1 cm³/mol. The SMILES string of the molecule is C/C=C1/C(=O)Oc2ccccc21.CC. The molecule has 0 spiro atoms. The monoisotopic (exact) mass is 190 g/mol. The van der Waals surface area contributed by atoms with Crippen molar-refractivity contribution in [2.24, 2.45) is 0 Å². The summed E-state index contributed by atoms with van der Waals surface area (Å²) >= 11 is 0. The van der Waals surface area contributed by atoms with E-state index in [-0.39, 0.29) is 5.97 Å². The molecule has 14 heavy (non-hydrogen) atoms. The Morgan fingerprint density at radius 2 is 1.86 bits per heavy atom. The van der Waals surface area contributed by atoms with Crippen LogP contribution in [-0.2, 0) is 4.79 Å². The van der Waals surface area contributed by atoms with Crippen molar-refractivity contribution in [3.8, 4) is 5.75 Å². The minimum atomic E-state index is -0.251. The summed E-state index contributed by atoms with van der Waals surface area (Å²) in [6, 6.07) is 7.42. The van der Waals surface area contributed by atoms with Crippen LogP contribution < -0.4 is 4.74 Å². The Balaban J connectivity index is 0.000000461. The molecule has 0 atom stereocenters. The summed E-state index contributed by atoms with van der Waals surface area (Å²) in [7, 11) is 0. The topological polar surface area (TPSA) is 26.3 Å². The van der Waals surface area contributed by atoms with Crippen LogP contribution in [0.15, 0.2) is 30.3 Å². The third-order valence-corrected chi connectivity index (χ3v) is 1.89. The third-order valence-electron chi connectivity index (χ3n) is 1.89. The Hall–Kier alpha value is -1.57. The van der Waals surface area contributed by atoms with Crippen LogP contribution >= 0.6 is 0 Å². The number of carbonyl (C=O) groups is 1. The van der Waals surface area contributed by atoms with E-state index in [0.29, 0.717) is 11.3 Å². The second kappa shape index (κ2) is 4.61. The number of rotatable bonds is 0. The first-order valence-corrected chi connectivity index (χ1v) is 4.81. The zero-order valence-electron chi connectivity index (χ0n) is 8.70. The summed E-state index contributed by atoms with van der Waals surface area (Å²) < 4.78 is 5.00. The average molecular weight is 190 g/mol. The largest absolute Gasteiger partial charge is 0.422 e. The van der Waals surface area contributed by atoms with Crippen LogP contribution in [0, 0.1) is 0 Å². The number of esters is 1. The highest BCUT2D eigenvalue weighted by Crippen LogP contribution is 2.33. The van der Waals surface area contributed by atoms with Gasteiger partial charge in [-0.15, -0.1) is 0 Å². The van der Waals surface area contributed by atoms with Gasteiger partial charge in [-0.3, -0.25) is 0 Å². The summed E-state index contributed by atoms with van der Waals surface area (Å²) in [6.07, 6.45) is 1.77. The van der Waals surface area contributed by atoms with Crippen LogP contribution in [0.4, 0.5) is 0 Å². The maximum atomic E-state index is 11.2. The molecule has 1 aliphatic heterocycles. The smallest absolute Gasteiger partial charge is 0.343 e. The van der Waals surface area contributed by atoms with E-state index in [0.717, 1.165) is 5.56 Å². The predicted octanol–water partition coefficient (Wildman–Crippen LogP) is 3.04. The molecule has 0 N–H and O–H groups in total. The van der Waals surface area contributed by atoms with Crippen molar-refractivity contribution in [2.45, 2.75) is 20.8 Å². The molecule has 1 heterocycles. The molecule has 1 aliphatic rings. The van der Waals surface area contributed by atoms with Gasteiger partial charge in [0.2, 0.25) is 0 Å². The molecule has 2 rings (SSSR count). The molecule has 1 aromatic carbocycles. The number of fused-ring (bicyclic) bond motifs is 1. The standard InChI is InChI=1S/C10H8O2.C2H6/c1-2-7-8-5-3-4-6-9(8)12-10(7)11;1-2/h2-6H,1H3;1-2H3/b7-2+;. The summed E-state index contributed by atoms with van der Waals surface area (Å²) in [4.78, 5) is 11.2. The zero-order valence-corrected chi connectivity index (χ0v) is 8.70. The molecule has 0 bridgehead atoms. The maximum Gasteiger partial charge on any atom is 0.343 e. The number of benzene rings is 1. The average Bonchev–Trinajstić information content (AvgIpc) is 2.56. The number of para-hydroxylation sites is 1. The minimum Gasteiger partial charge on any atom is -0.422 e. The van der Waals surface area contributed by atoms with Gasteiger partial charge >= 0.3 is 5.97 Å². The fraction of sp³-hybridized carbons (Fsp3) is 0.250. The maximum absolute atomic E-state index is 11.2. The van der Waals surface area contributed by atoms with E-state index in [9.17, 15) is 4.79 Å². The van der Waals surface area contributed by atoms with E-state index >= 15 is 0 Å². The Labute approximate surface area is 84.2 Å². The van der Waals surface area contributed by atoms with Gasteiger partial charge in [0, 0.05) is 5.56 Å². The van der Waals surface area contributed by atoms with Gasteiger partial charge in [-0.25, -0.2) is 4.79 Å². The molecule has 0 saturated carbocycles. The third kappa shape index (κ3) is 1.69. The summed E-state index contributed by atoms with van der Waals surface area (Å²) in [5.41, 5.74) is 1.55. The summed E-state index contributed by atoms with van der Waals surface area (Å²) in [6.45, 7) is 5.83. The summed E-state index contributed by atoms with van der Waals surface area (Å²) in [5.74, 6) is 0.411. The van der Waals surface area contributed by atoms with Crippen LogP contribution in [-0.4, -0.2) is 5.97 Å². The molecular weight excluding hydrogens is 176 g/mol. The number of hydrogen-bond donors (Lipinski definition) is 0. The number of allylic oxidation sites excluding steroid dienone is 1. The van der Waals surface area contributed by atoms with E-state index < -0.39 is 0 Å². The van der Waals surface area contributed by atoms with Crippen molar-refractivity contribution in [3.63, 3.8) is 0 Å². The van der Waals surface area contributed by atoms with Crippen molar-refractivity contribution in [1.29, 1.82) is 0 Å². The van der Waals surface area contributed by atoms with Gasteiger partial charge in [-0.2, -0.15) is 0 Å². The van der Waals surface area contributed by atoms with Gasteiger partial charge < -0.3 is 4.74 Å². The van der Waals surface area contributed by atoms with Gasteiger partial charge in [-0.05, 0) is 13.0 Å². The Morgan fingerprint density at radius 3 is 2.50 bits per heavy atom. The lowest BCUT2D eigenvalue weighted by molar-refractivity contribution is -0.126. The van der Waals surface area contributed by atoms with Gasteiger partial charge in [0.05, 0.1) is 5.57 Å². The van der Waals surface area contributed by atoms with Crippen LogP contribution in [0.5, 0.6) is 5.75 Å². The first-order valence-electron chi connectivity index (χ1n) is 4.81. The van der Waals surface area contributed by atoms with Gasteiger partial charge in [0.25, 0.3) is 0 Å². The summed E-state index contributed by atoms with van der Waals surface area (Å²) in [5, 5.41) is 0. The lowest BCUT2D eigenvalue weighted by Crippen LogP contribution is -1.99. The fourth-order valence-corrected chi connectivity index (χ4v) is 1.32. The van der Waals surface area contributed by atoms with Crippen molar-refractivity contribution >= 4 is 11.5 Å². The van der Waals surface area contributed by atoms with E-state index in [4.69, 9.17) is 4.74 Å². The number of hydrogen-bond acceptors (Lipinski definition) is 2. The fourth-order valence-electron chi connectivity index (χ4n) is 1.32. The zero-order chi connectivity index (χ0) is 10.6. The molecule has 0 saturated heterocycles. The number of carbonyl (C=O) groups excluding carboxylic acids is 1. The van der Waals surface area contributed by atoms with Crippen molar-refractivity contribution in [1.82, 2.24) is 0 Å². The second-order valence-electron chi connectivity index (χ2n) is 2.59. The lowest BCUT2D eigenvalue weighted by Gasteiger charge is -1.92. The molecule has 0 fully saturated rings. The first-order chi connectivity index (χ1) is 6.83. The molecule has 0 aromatic heterocycles. The minimum absolute atomic E-state index is 0.251. The highest BCUT2D eigenvalue weighted by molar-refractivity contribution is 6.21. The van der Waals surface area contributed by atoms with Crippen LogP contribution in [0.2, 0.25) is 0 Å². The van der Waals surface area contributed by atoms with Crippen LogP contribution in [0.3, 0.4) is 0 Å². The molecule has 1 aromatic rings. The molecule has 0 unspecified atom stereocenters. The Morgan fingerprint density at radius 1 is 1.21 bits per heavy atom. The molecular formula is C12H14O2. The molecule has 0 amide bonds.